The number of aliphatic hydroxyl groups is 1. The number of aliphatic hydroxyl groups excluding tert-OH is 1. The number of carbonyl (C=O) groups is 1. The minimum absolute atomic E-state index is 0.182. The average Bonchev–Trinajstić information content (AvgIpc) is 2.74. The van der Waals surface area contributed by atoms with E-state index in [9.17, 15) is 15.2 Å². The molecule has 1 unspecified atom stereocenters. The van der Waals surface area contributed by atoms with Crippen molar-refractivity contribution in [3.8, 4) is 11.9 Å². The summed E-state index contributed by atoms with van der Waals surface area (Å²) in [5, 5.41) is 32.3. The summed E-state index contributed by atoms with van der Waals surface area (Å²) in [5.41, 5.74) is 0.747. The molecule has 1 amide bonds. The number of nitriles is 1. The minimum atomic E-state index is -1.06. The number of carboxylic acid groups (broad SMARTS) is 1. The molecule has 9 nitrogen and oxygen atoms in total. The molecular weight excluding hydrogens is 376 g/mol. The summed E-state index contributed by atoms with van der Waals surface area (Å²) in [6.45, 7) is 0.227. The van der Waals surface area contributed by atoms with Gasteiger partial charge in [-0.25, -0.2) is 9.78 Å². The molecule has 2 bridgehead atoms. The second-order valence-electron chi connectivity index (χ2n) is 7.77. The van der Waals surface area contributed by atoms with Gasteiger partial charge in [0.05, 0.1) is 47.6 Å². The SMILES string of the molecule is COc1ccc2ncc(C#N)c(CC(O)C34CCC(NC(=O)O)(CC3)CO4)c2n1. The number of aromatic nitrogens is 2. The molecule has 5 rings (SSSR count). The van der Waals surface area contributed by atoms with Crippen LogP contribution >= 0.6 is 0 Å². The standard InChI is InChI=1S/C20H22N4O5/c1-28-16-3-2-14-17(23-16)13(12(9-21)10-22-14)8-15(25)20-6-4-19(5-7-20,11-29-20)24-18(26)27/h2-3,10,15,24-25H,4-8,11H2,1H3,(H,26,27). The molecule has 29 heavy (non-hydrogen) atoms. The number of pyridine rings is 2. The van der Waals surface area contributed by atoms with Crippen LogP contribution in [0.4, 0.5) is 4.79 Å². The summed E-state index contributed by atoms with van der Waals surface area (Å²) in [6.07, 6.45) is 2.02. The number of hydrogen-bond donors (Lipinski definition) is 3. The van der Waals surface area contributed by atoms with E-state index in [-0.39, 0.29) is 13.0 Å². The topological polar surface area (TPSA) is 138 Å². The molecular formula is C20H22N4O5. The van der Waals surface area contributed by atoms with Crippen molar-refractivity contribution in [1.82, 2.24) is 15.3 Å². The van der Waals surface area contributed by atoms with E-state index in [2.05, 4.69) is 21.4 Å². The van der Waals surface area contributed by atoms with Crippen molar-refractivity contribution in [3.05, 3.63) is 29.5 Å². The van der Waals surface area contributed by atoms with Crippen LogP contribution in [-0.4, -0.2) is 57.2 Å². The summed E-state index contributed by atoms with van der Waals surface area (Å²) in [6, 6.07) is 5.59. The lowest BCUT2D eigenvalue weighted by Gasteiger charge is -2.54. The van der Waals surface area contributed by atoms with Crippen LogP contribution in [0.25, 0.3) is 11.0 Å². The second-order valence-corrected chi connectivity index (χ2v) is 7.77. The summed E-state index contributed by atoms with van der Waals surface area (Å²) >= 11 is 0. The number of hydrogen-bond acceptors (Lipinski definition) is 7. The first-order valence-electron chi connectivity index (χ1n) is 9.46. The number of rotatable bonds is 5. The van der Waals surface area contributed by atoms with Gasteiger partial charge in [0.1, 0.15) is 6.07 Å². The highest BCUT2D eigenvalue weighted by atomic mass is 16.5. The van der Waals surface area contributed by atoms with Gasteiger partial charge in [0.25, 0.3) is 0 Å². The van der Waals surface area contributed by atoms with Gasteiger partial charge < -0.3 is 25.0 Å². The van der Waals surface area contributed by atoms with E-state index in [1.54, 1.807) is 12.1 Å². The van der Waals surface area contributed by atoms with Crippen LogP contribution in [0.3, 0.4) is 0 Å². The molecule has 2 aromatic rings. The molecule has 2 aliphatic heterocycles. The van der Waals surface area contributed by atoms with Crippen LogP contribution in [0, 0.1) is 11.3 Å². The highest BCUT2D eigenvalue weighted by Gasteiger charge is 2.53. The quantitative estimate of drug-likeness (QED) is 0.693. The molecule has 0 aromatic carbocycles. The molecule has 0 radical (unpaired) electrons. The summed E-state index contributed by atoms with van der Waals surface area (Å²) < 4.78 is 11.2. The summed E-state index contributed by atoms with van der Waals surface area (Å²) in [5.74, 6) is 0.402. The Morgan fingerprint density at radius 3 is 2.76 bits per heavy atom. The third kappa shape index (κ3) is 3.34. The fourth-order valence-corrected chi connectivity index (χ4v) is 4.44. The Kier molecular flexibility index (Phi) is 4.76. The molecule has 3 aliphatic rings. The van der Waals surface area contributed by atoms with Gasteiger partial charge in [-0.05, 0) is 31.7 Å². The lowest BCUT2D eigenvalue weighted by Crippen LogP contribution is -2.65. The number of ether oxygens (including phenoxy) is 2. The molecule has 1 aliphatic carbocycles. The van der Waals surface area contributed by atoms with Crippen LogP contribution in [0.2, 0.25) is 0 Å². The lowest BCUT2D eigenvalue weighted by molar-refractivity contribution is -0.206. The maximum absolute atomic E-state index is 11.1. The molecule has 152 valence electrons. The Bertz CT molecular complexity index is 978. The molecule has 4 heterocycles. The second kappa shape index (κ2) is 7.13. The van der Waals surface area contributed by atoms with E-state index in [0.717, 1.165) is 0 Å². The van der Waals surface area contributed by atoms with Crippen LogP contribution in [0.5, 0.6) is 5.88 Å². The van der Waals surface area contributed by atoms with E-state index < -0.39 is 23.3 Å². The van der Waals surface area contributed by atoms with Gasteiger partial charge in [-0.15, -0.1) is 0 Å². The number of methoxy groups -OCH3 is 1. The van der Waals surface area contributed by atoms with Crippen molar-refractivity contribution in [2.45, 2.75) is 49.3 Å². The molecule has 3 fully saturated rings. The molecule has 2 saturated heterocycles. The van der Waals surface area contributed by atoms with E-state index in [1.165, 1.54) is 13.3 Å². The van der Waals surface area contributed by atoms with E-state index in [4.69, 9.17) is 14.6 Å². The Hall–Kier alpha value is -2.96. The zero-order chi connectivity index (χ0) is 20.6. The smallest absolute Gasteiger partial charge is 0.405 e. The zero-order valence-corrected chi connectivity index (χ0v) is 16.0. The molecule has 9 heteroatoms. The van der Waals surface area contributed by atoms with Crippen LogP contribution in [0.15, 0.2) is 18.3 Å². The summed E-state index contributed by atoms with van der Waals surface area (Å²) in [4.78, 5) is 19.8. The Morgan fingerprint density at radius 2 is 2.17 bits per heavy atom. The predicted molar refractivity (Wildman–Crippen MR) is 102 cm³/mol. The predicted octanol–water partition coefficient (Wildman–Crippen LogP) is 1.76. The first kappa shape index (κ1) is 19.4. The van der Waals surface area contributed by atoms with Crippen molar-refractivity contribution in [1.29, 1.82) is 5.26 Å². The fourth-order valence-electron chi connectivity index (χ4n) is 4.44. The number of nitrogens with zero attached hydrogens (tertiary/aromatic N) is 3. The maximum Gasteiger partial charge on any atom is 0.405 e. The molecule has 0 spiro atoms. The summed E-state index contributed by atoms with van der Waals surface area (Å²) in [7, 11) is 1.51. The van der Waals surface area contributed by atoms with Gasteiger partial charge in [0, 0.05) is 24.2 Å². The van der Waals surface area contributed by atoms with Crippen molar-refractivity contribution in [3.63, 3.8) is 0 Å². The van der Waals surface area contributed by atoms with Crippen molar-refractivity contribution in [2.75, 3.05) is 13.7 Å². The van der Waals surface area contributed by atoms with Gasteiger partial charge >= 0.3 is 6.09 Å². The maximum atomic E-state index is 11.1. The van der Waals surface area contributed by atoms with Crippen LogP contribution in [0.1, 0.15) is 36.8 Å². The van der Waals surface area contributed by atoms with E-state index >= 15 is 0 Å². The third-order valence-electron chi connectivity index (χ3n) is 6.19. The number of nitrogens with one attached hydrogen (secondary N) is 1. The van der Waals surface area contributed by atoms with E-state index in [0.29, 0.717) is 53.7 Å². The Labute approximate surface area is 167 Å². The van der Waals surface area contributed by atoms with Crippen molar-refractivity contribution in [2.24, 2.45) is 0 Å². The highest BCUT2D eigenvalue weighted by molar-refractivity contribution is 5.80. The van der Waals surface area contributed by atoms with Crippen molar-refractivity contribution >= 4 is 17.1 Å². The van der Waals surface area contributed by atoms with Gasteiger partial charge in [-0.3, -0.25) is 4.98 Å². The molecule has 2 aromatic heterocycles. The van der Waals surface area contributed by atoms with Gasteiger partial charge in [0.15, 0.2) is 0 Å². The molecule has 1 atom stereocenters. The van der Waals surface area contributed by atoms with Crippen LogP contribution in [-0.2, 0) is 11.2 Å². The largest absolute Gasteiger partial charge is 0.481 e. The number of amides is 1. The third-order valence-corrected chi connectivity index (χ3v) is 6.19. The fraction of sp³-hybridized carbons (Fsp3) is 0.500. The minimum Gasteiger partial charge on any atom is -0.481 e. The zero-order valence-electron chi connectivity index (χ0n) is 16.0. The average molecular weight is 398 g/mol. The first-order valence-corrected chi connectivity index (χ1v) is 9.46. The normalized spacial score (nSPS) is 26.7. The van der Waals surface area contributed by atoms with E-state index in [1.807, 2.05) is 0 Å². The lowest BCUT2D eigenvalue weighted by atomic mass is 9.68. The monoisotopic (exact) mass is 398 g/mol. The van der Waals surface area contributed by atoms with Gasteiger partial charge in [0.2, 0.25) is 5.88 Å². The van der Waals surface area contributed by atoms with Gasteiger partial charge in [-0.2, -0.15) is 5.26 Å². The molecule has 1 saturated carbocycles. The highest BCUT2D eigenvalue weighted by Crippen LogP contribution is 2.46. The molecule has 3 N–H and O–H groups in total. The van der Waals surface area contributed by atoms with Crippen molar-refractivity contribution < 1.29 is 24.5 Å². The van der Waals surface area contributed by atoms with Gasteiger partial charge in [-0.1, -0.05) is 0 Å². The first-order chi connectivity index (χ1) is 13.9. The Morgan fingerprint density at radius 1 is 1.41 bits per heavy atom. The number of fused-ring (bicyclic) bond motifs is 4. The van der Waals surface area contributed by atoms with Crippen LogP contribution < -0.4 is 10.1 Å². The Balaban J connectivity index is 1.62.